The van der Waals surface area contributed by atoms with Crippen molar-refractivity contribution < 1.29 is 45.3 Å². The van der Waals surface area contributed by atoms with Crippen molar-refractivity contribution in [2.24, 2.45) is 10.8 Å². The molecule has 0 bridgehead atoms. The quantitative estimate of drug-likeness (QED) is 0.198. The number of carboxylic acids is 1. The Bertz CT molecular complexity index is 261. The van der Waals surface area contributed by atoms with Crippen molar-refractivity contribution in [3.8, 4) is 0 Å². The van der Waals surface area contributed by atoms with E-state index in [2.05, 4.69) is 6.58 Å². The Balaban J connectivity index is 0. The first-order valence-corrected chi connectivity index (χ1v) is 6.43. The molecule has 0 aromatic rings. The second kappa shape index (κ2) is 12.5. The largest absolute Gasteiger partial charge is 0.478 e. The van der Waals surface area contributed by atoms with Crippen LogP contribution in [0.5, 0.6) is 0 Å². The maximum atomic E-state index is 9.25. The molecule has 7 N–H and O–H groups in total. The first-order valence-electron chi connectivity index (χ1n) is 6.43. The molecule has 0 heterocycles. The van der Waals surface area contributed by atoms with Gasteiger partial charge in [0.1, 0.15) is 0 Å². The fourth-order valence-corrected chi connectivity index (χ4v) is 1.06. The summed E-state index contributed by atoms with van der Waals surface area (Å²) >= 11 is 0. The summed E-state index contributed by atoms with van der Waals surface area (Å²) in [5.41, 5.74) is -2.32. The van der Waals surface area contributed by atoms with Crippen LogP contribution in [0.4, 0.5) is 0 Å². The summed E-state index contributed by atoms with van der Waals surface area (Å²) in [6.07, 6.45) is 0.833. The van der Waals surface area contributed by atoms with Gasteiger partial charge in [-0.25, -0.2) is 4.79 Å². The lowest BCUT2D eigenvalue weighted by Crippen LogP contribution is -2.43. The van der Waals surface area contributed by atoms with E-state index in [1.54, 1.807) is 0 Å². The number of aliphatic hydroxyl groups excluding tert-OH is 6. The van der Waals surface area contributed by atoms with Gasteiger partial charge in [0.15, 0.2) is 0 Å². The third kappa shape index (κ3) is 8.39. The molecule has 0 spiro atoms. The molecule has 0 aromatic carbocycles. The SMILES string of the molecule is C=CC(=O)O.OCC(CO)(CO)COCC(CO)(CO)CO. The van der Waals surface area contributed by atoms with Crippen LogP contribution in [0.3, 0.4) is 0 Å². The van der Waals surface area contributed by atoms with Crippen molar-refractivity contribution in [3.05, 3.63) is 12.7 Å². The van der Waals surface area contributed by atoms with Crippen molar-refractivity contribution in [2.45, 2.75) is 0 Å². The van der Waals surface area contributed by atoms with E-state index in [4.69, 9.17) is 40.5 Å². The summed E-state index contributed by atoms with van der Waals surface area (Å²) in [6, 6.07) is 0. The van der Waals surface area contributed by atoms with Gasteiger partial charge < -0.3 is 40.5 Å². The van der Waals surface area contributed by atoms with Crippen LogP contribution in [0.25, 0.3) is 0 Å². The average Bonchev–Trinajstić information content (AvgIpc) is 2.57. The van der Waals surface area contributed by atoms with E-state index in [1.807, 2.05) is 0 Å². The lowest BCUT2D eigenvalue weighted by molar-refractivity contribution is -0.131. The van der Waals surface area contributed by atoms with Gasteiger partial charge >= 0.3 is 5.97 Å². The fourth-order valence-electron chi connectivity index (χ4n) is 1.06. The molecule has 0 radical (unpaired) electrons. The van der Waals surface area contributed by atoms with E-state index in [0.717, 1.165) is 6.08 Å². The molecule has 0 aliphatic rings. The van der Waals surface area contributed by atoms with Gasteiger partial charge in [-0.2, -0.15) is 0 Å². The highest BCUT2D eigenvalue weighted by Gasteiger charge is 2.32. The number of rotatable bonds is 11. The van der Waals surface area contributed by atoms with Crippen LogP contribution in [0.15, 0.2) is 12.7 Å². The second-order valence-corrected chi connectivity index (χ2v) is 4.98. The molecule has 0 unspecified atom stereocenters. The summed E-state index contributed by atoms with van der Waals surface area (Å²) in [5.74, 6) is -0.981. The molecule has 0 saturated heterocycles. The van der Waals surface area contributed by atoms with Gasteiger partial charge in [-0.1, -0.05) is 6.58 Å². The summed E-state index contributed by atoms with van der Waals surface area (Å²) in [4.78, 5) is 9.25. The van der Waals surface area contributed by atoms with Crippen molar-refractivity contribution >= 4 is 5.97 Å². The number of carbonyl (C=O) groups is 1. The van der Waals surface area contributed by atoms with Gasteiger partial charge in [0.25, 0.3) is 0 Å². The van der Waals surface area contributed by atoms with Crippen LogP contribution >= 0.6 is 0 Å². The molecule has 0 atom stereocenters. The van der Waals surface area contributed by atoms with E-state index in [0.29, 0.717) is 0 Å². The van der Waals surface area contributed by atoms with Crippen LogP contribution < -0.4 is 0 Å². The molecular weight excluding hydrogens is 300 g/mol. The molecule has 0 aliphatic carbocycles. The lowest BCUT2D eigenvalue weighted by Gasteiger charge is -2.31. The Hall–Kier alpha value is -1.07. The first kappa shape index (κ1) is 23.2. The maximum Gasteiger partial charge on any atom is 0.327 e. The summed E-state index contributed by atoms with van der Waals surface area (Å²) in [7, 11) is 0. The van der Waals surface area contributed by atoms with Gasteiger partial charge in [-0.15, -0.1) is 0 Å². The zero-order valence-corrected chi connectivity index (χ0v) is 12.4. The second-order valence-electron chi connectivity index (χ2n) is 4.98. The van der Waals surface area contributed by atoms with Gasteiger partial charge in [-0.3, -0.25) is 0 Å². The number of aliphatic hydroxyl groups is 6. The number of hydrogen-bond acceptors (Lipinski definition) is 8. The Morgan fingerprint density at radius 3 is 1.18 bits per heavy atom. The molecule has 0 saturated carbocycles. The van der Waals surface area contributed by atoms with Crippen LogP contribution in [-0.2, 0) is 9.53 Å². The minimum absolute atomic E-state index is 0.141. The molecule has 0 aromatic heterocycles. The van der Waals surface area contributed by atoms with E-state index in [-0.39, 0.29) is 13.2 Å². The Morgan fingerprint density at radius 1 is 0.818 bits per heavy atom. The van der Waals surface area contributed by atoms with E-state index >= 15 is 0 Å². The summed E-state index contributed by atoms with van der Waals surface area (Å²) in [6.45, 7) is -0.0446. The van der Waals surface area contributed by atoms with Crippen LogP contribution in [0.1, 0.15) is 0 Å². The number of ether oxygens (including phenoxy) is 1. The molecule has 0 rings (SSSR count). The molecule has 9 nitrogen and oxygen atoms in total. The minimum Gasteiger partial charge on any atom is -0.478 e. The van der Waals surface area contributed by atoms with Crippen LogP contribution in [0.2, 0.25) is 0 Å². The summed E-state index contributed by atoms with van der Waals surface area (Å²) < 4.78 is 5.15. The van der Waals surface area contributed by atoms with Crippen LogP contribution in [0, 0.1) is 10.8 Å². The minimum atomic E-state index is -1.16. The van der Waals surface area contributed by atoms with Gasteiger partial charge in [0, 0.05) is 6.08 Å². The molecule has 22 heavy (non-hydrogen) atoms. The maximum absolute atomic E-state index is 9.25. The highest BCUT2D eigenvalue weighted by molar-refractivity contribution is 5.78. The third-order valence-corrected chi connectivity index (χ3v) is 3.00. The first-order chi connectivity index (χ1) is 10.3. The van der Waals surface area contributed by atoms with E-state index in [1.165, 1.54) is 0 Å². The zero-order valence-electron chi connectivity index (χ0n) is 12.4. The van der Waals surface area contributed by atoms with Gasteiger partial charge in [-0.05, 0) is 0 Å². The Kier molecular flexibility index (Phi) is 13.2. The highest BCUT2D eigenvalue weighted by Crippen LogP contribution is 2.19. The normalized spacial score (nSPS) is 11.5. The number of aliphatic carboxylic acids is 1. The van der Waals surface area contributed by atoms with E-state index in [9.17, 15) is 4.79 Å². The monoisotopic (exact) mass is 326 g/mol. The van der Waals surface area contributed by atoms with Crippen LogP contribution in [-0.4, -0.2) is 94.6 Å². The Labute approximate surface area is 128 Å². The highest BCUT2D eigenvalue weighted by atomic mass is 16.5. The smallest absolute Gasteiger partial charge is 0.327 e. The fraction of sp³-hybridized carbons (Fsp3) is 0.769. The number of carboxylic acid groups (broad SMARTS) is 1. The van der Waals surface area contributed by atoms with Crippen molar-refractivity contribution in [2.75, 3.05) is 52.9 Å². The molecule has 9 heteroatoms. The molecule has 0 aliphatic heterocycles. The lowest BCUT2D eigenvalue weighted by atomic mass is 9.91. The standard InChI is InChI=1S/C10H22O7.C3H4O2/c11-1-9(2-12,3-13)7-17-8-10(4-14,5-15)6-16;1-2-3(4)5/h11-16H,1-8H2;2H,1H2,(H,4,5). The zero-order chi connectivity index (χ0) is 17.6. The number of hydrogen-bond donors (Lipinski definition) is 7. The Morgan fingerprint density at radius 2 is 1.05 bits per heavy atom. The molecule has 0 fully saturated rings. The van der Waals surface area contributed by atoms with Gasteiger partial charge in [0.05, 0.1) is 63.7 Å². The van der Waals surface area contributed by atoms with Crippen molar-refractivity contribution in [1.29, 1.82) is 0 Å². The molecular formula is C13H26O9. The molecule has 132 valence electrons. The van der Waals surface area contributed by atoms with Gasteiger partial charge in [0.2, 0.25) is 0 Å². The topological polar surface area (TPSA) is 168 Å². The predicted octanol–water partition coefficient (Wildman–Crippen LogP) is -2.81. The summed E-state index contributed by atoms with van der Waals surface area (Å²) in [5, 5.41) is 61.8. The molecule has 0 amide bonds. The average molecular weight is 326 g/mol. The van der Waals surface area contributed by atoms with Crippen molar-refractivity contribution in [1.82, 2.24) is 0 Å². The third-order valence-electron chi connectivity index (χ3n) is 3.00. The van der Waals surface area contributed by atoms with E-state index < -0.39 is 56.4 Å². The van der Waals surface area contributed by atoms with Crippen molar-refractivity contribution in [3.63, 3.8) is 0 Å². The predicted molar refractivity (Wildman–Crippen MR) is 76.0 cm³/mol.